The van der Waals surface area contributed by atoms with Gasteiger partial charge in [0.2, 0.25) is 0 Å². The predicted octanol–water partition coefficient (Wildman–Crippen LogP) is 1.66. The molecule has 0 unspecified atom stereocenters. The van der Waals surface area contributed by atoms with E-state index in [0.29, 0.717) is 29.9 Å². The van der Waals surface area contributed by atoms with Crippen molar-refractivity contribution in [1.29, 1.82) is 0 Å². The van der Waals surface area contributed by atoms with Crippen LogP contribution in [0, 0.1) is 13.8 Å². The molecule has 0 aliphatic carbocycles. The number of H-pyrrole nitrogens is 1. The molecule has 25 heavy (non-hydrogen) atoms. The van der Waals surface area contributed by atoms with Gasteiger partial charge in [0.25, 0.3) is 11.5 Å². The molecule has 3 aromatic heterocycles. The molecule has 0 radical (unpaired) electrons. The number of fused-ring (bicyclic) bond motifs is 1. The lowest BCUT2D eigenvalue weighted by Crippen LogP contribution is -2.28. The van der Waals surface area contributed by atoms with Crippen molar-refractivity contribution in [1.82, 2.24) is 24.5 Å². The van der Waals surface area contributed by atoms with Crippen molar-refractivity contribution in [2.45, 2.75) is 26.2 Å². The van der Waals surface area contributed by atoms with Crippen molar-refractivity contribution in [3.05, 3.63) is 63.5 Å². The maximum absolute atomic E-state index is 12.5. The zero-order valence-corrected chi connectivity index (χ0v) is 14.2. The molecule has 1 fully saturated rings. The molecule has 7 heteroatoms. The summed E-state index contributed by atoms with van der Waals surface area (Å²) in [6.45, 7) is 4.93. The SMILES string of the molecule is Cc1nc2cc([C@H]3CCN(C(=O)c4cccnc4)C3)[nH]n2c(=O)c1C. The molecule has 0 spiro atoms. The third kappa shape index (κ3) is 2.61. The number of aromatic amines is 1. The van der Waals surface area contributed by atoms with Gasteiger partial charge in [-0.05, 0) is 32.4 Å². The molecular formula is C18H19N5O2. The van der Waals surface area contributed by atoms with Gasteiger partial charge in [-0.2, -0.15) is 0 Å². The summed E-state index contributed by atoms with van der Waals surface area (Å²) >= 11 is 0. The summed E-state index contributed by atoms with van der Waals surface area (Å²) in [7, 11) is 0. The number of nitrogens with one attached hydrogen (secondary N) is 1. The van der Waals surface area contributed by atoms with Crippen molar-refractivity contribution in [3.8, 4) is 0 Å². The van der Waals surface area contributed by atoms with E-state index in [9.17, 15) is 9.59 Å². The van der Waals surface area contributed by atoms with E-state index < -0.39 is 0 Å². The van der Waals surface area contributed by atoms with Crippen LogP contribution in [0.1, 0.15) is 39.6 Å². The first kappa shape index (κ1) is 15.6. The Labute approximate surface area is 144 Å². The van der Waals surface area contributed by atoms with Crippen molar-refractivity contribution >= 4 is 11.6 Å². The smallest absolute Gasteiger partial charge is 0.275 e. The van der Waals surface area contributed by atoms with Crippen LogP contribution in [-0.2, 0) is 0 Å². The second-order valence-corrected chi connectivity index (χ2v) is 6.51. The van der Waals surface area contributed by atoms with Crippen molar-refractivity contribution < 1.29 is 4.79 Å². The molecular weight excluding hydrogens is 318 g/mol. The van der Waals surface area contributed by atoms with Gasteiger partial charge in [-0.15, -0.1) is 0 Å². The van der Waals surface area contributed by atoms with Gasteiger partial charge in [-0.3, -0.25) is 19.7 Å². The molecule has 0 saturated carbocycles. The lowest BCUT2D eigenvalue weighted by molar-refractivity contribution is 0.0790. The molecule has 0 aromatic carbocycles. The van der Waals surface area contributed by atoms with Crippen molar-refractivity contribution in [2.75, 3.05) is 13.1 Å². The minimum atomic E-state index is -0.0740. The van der Waals surface area contributed by atoms with Gasteiger partial charge < -0.3 is 4.90 Å². The van der Waals surface area contributed by atoms with Gasteiger partial charge in [0.05, 0.1) is 5.56 Å². The molecule has 1 saturated heterocycles. The van der Waals surface area contributed by atoms with Crippen LogP contribution in [-0.4, -0.2) is 43.5 Å². The quantitative estimate of drug-likeness (QED) is 0.771. The Morgan fingerprint density at radius 3 is 2.96 bits per heavy atom. The van der Waals surface area contributed by atoms with Gasteiger partial charge in [-0.25, -0.2) is 9.50 Å². The number of nitrogens with zero attached hydrogens (tertiary/aromatic N) is 4. The summed E-state index contributed by atoms with van der Waals surface area (Å²) in [4.78, 5) is 35.2. The Bertz CT molecular complexity index is 1010. The average Bonchev–Trinajstić information content (AvgIpc) is 3.27. The fraction of sp³-hybridized carbons (Fsp3) is 0.333. The largest absolute Gasteiger partial charge is 0.338 e. The van der Waals surface area contributed by atoms with E-state index >= 15 is 0 Å². The lowest BCUT2D eigenvalue weighted by Gasteiger charge is -2.15. The van der Waals surface area contributed by atoms with Crippen molar-refractivity contribution in [2.24, 2.45) is 0 Å². The third-order valence-corrected chi connectivity index (χ3v) is 4.93. The van der Waals surface area contributed by atoms with Crippen LogP contribution < -0.4 is 5.56 Å². The first-order valence-electron chi connectivity index (χ1n) is 8.33. The first-order chi connectivity index (χ1) is 12.0. The maximum Gasteiger partial charge on any atom is 0.275 e. The topological polar surface area (TPSA) is 83.4 Å². The number of pyridine rings is 1. The molecule has 1 atom stereocenters. The molecule has 4 rings (SSSR count). The highest BCUT2D eigenvalue weighted by Gasteiger charge is 2.29. The fourth-order valence-corrected chi connectivity index (χ4v) is 3.32. The van der Waals surface area contributed by atoms with Crippen LogP contribution in [0.4, 0.5) is 0 Å². The summed E-state index contributed by atoms with van der Waals surface area (Å²) in [5, 5.41) is 3.16. The second kappa shape index (κ2) is 5.84. The Hall–Kier alpha value is -2.96. The number of carbonyl (C=O) groups excluding carboxylic acids is 1. The van der Waals surface area contributed by atoms with Crippen LogP contribution >= 0.6 is 0 Å². The fourth-order valence-electron chi connectivity index (χ4n) is 3.32. The highest BCUT2D eigenvalue weighted by molar-refractivity contribution is 5.94. The summed E-state index contributed by atoms with van der Waals surface area (Å²) in [6, 6.07) is 5.46. The van der Waals surface area contributed by atoms with Gasteiger partial charge >= 0.3 is 0 Å². The number of carbonyl (C=O) groups is 1. The van der Waals surface area contributed by atoms with Crippen LogP contribution in [0.2, 0.25) is 0 Å². The minimum absolute atomic E-state index is 0.00584. The number of aryl methyl sites for hydroxylation is 1. The molecule has 1 aliphatic heterocycles. The third-order valence-electron chi connectivity index (χ3n) is 4.93. The molecule has 1 aliphatic rings. The zero-order chi connectivity index (χ0) is 17.6. The summed E-state index contributed by atoms with van der Waals surface area (Å²) < 4.78 is 1.49. The molecule has 0 bridgehead atoms. The number of amides is 1. The van der Waals surface area contributed by atoms with E-state index in [4.69, 9.17) is 0 Å². The van der Waals surface area contributed by atoms with Crippen LogP contribution in [0.15, 0.2) is 35.4 Å². The molecule has 4 heterocycles. The second-order valence-electron chi connectivity index (χ2n) is 6.51. The average molecular weight is 337 g/mol. The van der Waals surface area contributed by atoms with E-state index in [1.165, 1.54) is 4.52 Å². The predicted molar refractivity (Wildman–Crippen MR) is 92.8 cm³/mol. The molecule has 3 aromatic rings. The van der Waals surface area contributed by atoms with Gasteiger partial charge in [-0.1, -0.05) is 0 Å². The Balaban J connectivity index is 1.60. The summed E-state index contributed by atoms with van der Waals surface area (Å²) in [5.74, 6) is 0.163. The van der Waals surface area contributed by atoms with Crippen LogP contribution in [0.5, 0.6) is 0 Å². The van der Waals surface area contributed by atoms with Crippen LogP contribution in [0.3, 0.4) is 0 Å². The number of hydrogen-bond acceptors (Lipinski definition) is 4. The monoisotopic (exact) mass is 337 g/mol. The number of likely N-dealkylation sites (tertiary alicyclic amines) is 1. The molecule has 1 amide bonds. The van der Waals surface area contributed by atoms with Gasteiger partial charge in [0, 0.05) is 54.4 Å². The molecule has 7 nitrogen and oxygen atoms in total. The van der Waals surface area contributed by atoms with E-state index in [-0.39, 0.29) is 17.4 Å². The summed E-state index contributed by atoms with van der Waals surface area (Å²) in [6.07, 6.45) is 4.10. The maximum atomic E-state index is 12.5. The Morgan fingerprint density at radius 1 is 1.36 bits per heavy atom. The first-order valence-corrected chi connectivity index (χ1v) is 8.33. The van der Waals surface area contributed by atoms with E-state index in [1.807, 2.05) is 17.9 Å². The lowest BCUT2D eigenvalue weighted by atomic mass is 10.1. The summed E-state index contributed by atoms with van der Waals surface area (Å²) in [5.41, 5.74) is 3.48. The van der Waals surface area contributed by atoms with Crippen molar-refractivity contribution in [3.63, 3.8) is 0 Å². The normalized spacial score (nSPS) is 17.4. The van der Waals surface area contributed by atoms with Crippen LogP contribution in [0.25, 0.3) is 5.65 Å². The standard InChI is InChI=1S/C18H19N5O2/c1-11-12(2)20-16-8-15(21-23(16)17(11)24)14-5-7-22(10-14)18(25)13-4-3-6-19-9-13/h3-4,6,8-9,14,21H,5,7,10H2,1-2H3/t14-/m0/s1. The number of hydrogen-bond donors (Lipinski definition) is 1. The van der Waals surface area contributed by atoms with Gasteiger partial charge in [0.15, 0.2) is 5.65 Å². The number of aromatic nitrogens is 4. The molecule has 1 N–H and O–H groups in total. The zero-order valence-electron chi connectivity index (χ0n) is 14.2. The highest BCUT2D eigenvalue weighted by Crippen LogP contribution is 2.27. The van der Waals surface area contributed by atoms with Gasteiger partial charge in [0.1, 0.15) is 0 Å². The number of rotatable bonds is 2. The Morgan fingerprint density at radius 2 is 2.20 bits per heavy atom. The highest BCUT2D eigenvalue weighted by atomic mass is 16.2. The van der Waals surface area contributed by atoms with E-state index in [1.54, 1.807) is 31.5 Å². The Kier molecular flexibility index (Phi) is 3.63. The molecule has 128 valence electrons. The minimum Gasteiger partial charge on any atom is -0.338 e. The van der Waals surface area contributed by atoms with E-state index in [2.05, 4.69) is 15.1 Å². The van der Waals surface area contributed by atoms with E-state index in [0.717, 1.165) is 17.8 Å².